The number of aromatic hydroxyl groups is 1. The molecule has 0 radical (unpaired) electrons. The van der Waals surface area contributed by atoms with Crippen molar-refractivity contribution in [2.75, 3.05) is 0 Å². The highest BCUT2D eigenvalue weighted by atomic mass is 16.3. The van der Waals surface area contributed by atoms with Gasteiger partial charge in [0.1, 0.15) is 5.75 Å². The Morgan fingerprint density at radius 2 is 1.73 bits per heavy atom. The van der Waals surface area contributed by atoms with E-state index in [0.717, 1.165) is 22.3 Å². The predicted octanol–water partition coefficient (Wildman–Crippen LogP) is 2.79. The van der Waals surface area contributed by atoms with E-state index < -0.39 is 6.10 Å². The molecule has 15 heavy (non-hydrogen) atoms. The SMILES string of the molecule is C/C(=C\c1cc(C)c(O)c(C)c1)C(C)O. The molecule has 1 unspecified atom stereocenters. The van der Waals surface area contributed by atoms with Crippen LogP contribution in [0.25, 0.3) is 6.08 Å². The number of aliphatic hydroxyl groups is 1. The second-order valence-electron chi connectivity index (χ2n) is 4.07. The first-order chi connectivity index (χ1) is 6.91. The zero-order chi connectivity index (χ0) is 11.6. The van der Waals surface area contributed by atoms with Crippen LogP contribution in [0.15, 0.2) is 17.7 Å². The van der Waals surface area contributed by atoms with E-state index in [1.807, 2.05) is 39.0 Å². The van der Waals surface area contributed by atoms with Crippen LogP contribution in [-0.4, -0.2) is 16.3 Å². The zero-order valence-corrected chi connectivity index (χ0v) is 9.70. The summed E-state index contributed by atoms with van der Waals surface area (Å²) in [5, 5.41) is 19.0. The van der Waals surface area contributed by atoms with Crippen LogP contribution in [0.4, 0.5) is 0 Å². The highest BCUT2D eigenvalue weighted by molar-refractivity contribution is 5.58. The summed E-state index contributed by atoms with van der Waals surface area (Å²) in [6.45, 7) is 7.38. The third-order valence-electron chi connectivity index (χ3n) is 2.57. The molecule has 1 atom stereocenters. The van der Waals surface area contributed by atoms with E-state index in [0.29, 0.717) is 5.75 Å². The van der Waals surface area contributed by atoms with Crippen molar-refractivity contribution in [1.82, 2.24) is 0 Å². The van der Waals surface area contributed by atoms with Crippen molar-refractivity contribution in [3.05, 3.63) is 34.4 Å². The van der Waals surface area contributed by atoms with Gasteiger partial charge in [-0.1, -0.05) is 6.08 Å². The van der Waals surface area contributed by atoms with Crippen molar-refractivity contribution in [1.29, 1.82) is 0 Å². The van der Waals surface area contributed by atoms with Gasteiger partial charge in [0, 0.05) is 0 Å². The van der Waals surface area contributed by atoms with E-state index in [4.69, 9.17) is 0 Å². The molecule has 2 N–H and O–H groups in total. The number of rotatable bonds is 2. The fourth-order valence-corrected chi connectivity index (χ4v) is 1.46. The Morgan fingerprint density at radius 1 is 1.27 bits per heavy atom. The number of hydrogen-bond acceptors (Lipinski definition) is 2. The maximum absolute atomic E-state index is 9.60. The van der Waals surface area contributed by atoms with Crippen LogP contribution >= 0.6 is 0 Å². The smallest absolute Gasteiger partial charge is 0.121 e. The average Bonchev–Trinajstić information content (AvgIpc) is 2.13. The highest BCUT2D eigenvalue weighted by Crippen LogP contribution is 2.24. The van der Waals surface area contributed by atoms with E-state index in [-0.39, 0.29) is 0 Å². The van der Waals surface area contributed by atoms with Gasteiger partial charge in [0.2, 0.25) is 0 Å². The molecule has 0 saturated carbocycles. The average molecular weight is 206 g/mol. The van der Waals surface area contributed by atoms with E-state index in [9.17, 15) is 10.2 Å². The van der Waals surface area contributed by atoms with Gasteiger partial charge in [0.15, 0.2) is 0 Å². The first kappa shape index (κ1) is 11.8. The summed E-state index contributed by atoms with van der Waals surface area (Å²) in [5.41, 5.74) is 3.65. The van der Waals surface area contributed by atoms with Gasteiger partial charge in [0.25, 0.3) is 0 Å². The van der Waals surface area contributed by atoms with Gasteiger partial charge in [-0.05, 0) is 62.1 Å². The molecule has 0 amide bonds. The second kappa shape index (κ2) is 4.49. The van der Waals surface area contributed by atoms with Gasteiger partial charge in [-0.15, -0.1) is 0 Å². The van der Waals surface area contributed by atoms with Gasteiger partial charge in [0.05, 0.1) is 6.10 Å². The summed E-state index contributed by atoms with van der Waals surface area (Å²) in [7, 11) is 0. The molecule has 0 aliphatic heterocycles. The second-order valence-corrected chi connectivity index (χ2v) is 4.07. The van der Waals surface area contributed by atoms with Gasteiger partial charge in [-0.25, -0.2) is 0 Å². The van der Waals surface area contributed by atoms with E-state index in [1.165, 1.54) is 0 Å². The summed E-state index contributed by atoms with van der Waals surface area (Å²) in [6.07, 6.45) is 1.50. The Morgan fingerprint density at radius 3 is 2.13 bits per heavy atom. The molecule has 0 saturated heterocycles. The van der Waals surface area contributed by atoms with Crippen molar-refractivity contribution in [2.24, 2.45) is 0 Å². The number of phenols is 1. The zero-order valence-electron chi connectivity index (χ0n) is 9.70. The summed E-state index contributed by atoms with van der Waals surface area (Å²) < 4.78 is 0. The Balaban J connectivity index is 3.13. The molecule has 0 aromatic heterocycles. The first-order valence-corrected chi connectivity index (χ1v) is 5.08. The van der Waals surface area contributed by atoms with Crippen LogP contribution in [0.1, 0.15) is 30.5 Å². The van der Waals surface area contributed by atoms with Crippen LogP contribution in [0, 0.1) is 13.8 Å². The van der Waals surface area contributed by atoms with E-state index in [1.54, 1.807) is 6.92 Å². The minimum absolute atomic E-state index is 0.349. The number of aliphatic hydroxyl groups excluding tert-OH is 1. The minimum Gasteiger partial charge on any atom is -0.507 e. The molecular formula is C13H18O2. The topological polar surface area (TPSA) is 40.5 Å². The number of aryl methyl sites for hydroxylation is 2. The Hall–Kier alpha value is -1.28. The summed E-state index contributed by atoms with van der Waals surface area (Å²) in [6, 6.07) is 3.82. The van der Waals surface area contributed by atoms with Gasteiger partial charge in [-0.3, -0.25) is 0 Å². The molecule has 0 fully saturated rings. The lowest BCUT2D eigenvalue weighted by Gasteiger charge is -2.07. The largest absolute Gasteiger partial charge is 0.507 e. The molecule has 0 heterocycles. The predicted molar refractivity (Wildman–Crippen MR) is 62.9 cm³/mol. The van der Waals surface area contributed by atoms with Gasteiger partial charge in [-0.2, -0.15) is 0 Å². The third kappa shape index (κ3) is 2.83. The lowest BCUT2D eigenvalue weighted by molar-refractivity contribution is 0.232. The summed E-state index contributed by atoms with van der Waals surface area (Å²) >= 11 is 0. The third-order valence-corrected chi connectivity index (χ3v) is 2.57. The Bertz CT molecular complexity index is 367. The lowest BCUT2D eigenvalue weighted by Crippen LogP contribution is -2.00. The molecule has 0 aliphatic rings. The number of phenolic OH excluding ortho intramolecular Hbond substituents is 1. The number of benzene rings is 1. The van der Waals surface area contributed by atoms with Gasteiger partial charge < -0.3 is 10.2 Å². The molecule has 82 valence electrons. The lowest BCUT2D eigenvalue weighted by atomic mass is 10.0. The molecule has 1 rings (SSSR count). The monoisotopic (exact) mass is 206 g/mol. The van der Waals surface area contributed by atoms with Crippen LogP contribution in [0.3, 0.4) is 0 Å². The molecule has 2 nitrogen and oxygen atoms in total. The maximum Gasteiger partial charge on any atom is 0.121 e. The fourth-order valence-electron chi connectivity index (χ4n) is 1.46. The molecule has 0 aliphatic carbocycles. The standard InChI is InChI=1S/C13H18O2/c1-8(11(4)14)5-12-6-9(2)13(15)10(3)7-12/h5-7,11,14-15H,1-4H3/b8-5+. The molecular weight excluding hydrogens is 188 g/mol. The van der Waals surface area contributed by atoms with Crippen LogP contribution in [0.5, 0.6) is 5.75 Å². The fraction of sp³-hybridized carbons (Fsp3) is 0.385. The molecule has 2 heteroatoms. The van der Waals surface area contributed by atoms with Crippen LogP contribution in [0.2, 0.25) is 0 Å². The summed E-state index contributed by atoms with van der Waals surface area (Å²) in [4.78, 5) is 0. The molecule has 0 bridgehead atoms. The van der Waals surface area contributed by atoms with E-state index >= 15 is 0 Å². The van der Waals surface area contributed by atoms with Crippen molar-refractivity contribution in [3.8, 4) is 5.75 Å². The highest BCUT2D eigenvalue weighted by Gasteiger charge is 2.03. The molecule has 1 aromatic carbocycles. The normalized spacial score (nSPS) is 14.1. The van der Waals surface area contributed by atoms with Crippen molar-refractivity contribution in [2.45, 2.75) is 33.8 Å². The maximum atomic E-state index is 9.60. The van der Waals surface area contributed by atoms with Crippen LogP contribution in [-0.2, 0) is 0 Å². The summed E-state index contributed by atoms with van der Waals surface area (Å²) in [5.74, 6) is 0.349. The number of hydrogen-bond donors (Lipinski definition) is 2. The van der Waals surface area contributed by atoms with Crippen LogP contribution < -0.4 is 0 Å². The van der Waals surface area contributed by atoms with Gasteiger partial charge >= 0.3 is 0 Å². The first-order valence-electron chi connectivity index (χ1n) is 5.08. The Kier molecular flexibility index (Phi) is 3.53. The van der Waals surface area contributed by atoms with Crippen molar-refractivity contribution in [3.63, 3.8) is 0 Å². The molecule has 1 aromatic rings. The minimum atomic E-state index is -0.431. The molecule has 0 spiro atoms. The Labute approximate surface area is 90.9 Å². The quantitative estimate of drug-likeness (QED) is 0.781. The van der Waals surface area contributed by atoms with E-state index in [2.05, 4.69) is 0 Å². The van der Waals surface area contributed by atoms with Crippen molar-refractivity contribution >= 4 is 6.08 Å². The van der Waals surface area contributed by atoms with Crippen molar-refractivity contribution < 1.29 is 10.2 Å².